The summed E-state index contributed by atoms with van der Waals surface area (Å²) in [6.45, 7) is 7.62. The number of aliphatic hydroxyl groups excluding tert-OH is 1. The summed E-state index contributed by atoms with van der Waals surface area (Å²) in [6, 6.07) is -0.493. The molecule has 0 radical (unpaired) electrons. The maximum atomic E-state index is 11.7. The maximum Gasteiger partial charge on any atom is 0.237 e. The number of rotatable bonds is 6. The smallest absolute Gasteiger partial charge is 0.237 e. The molecule has 0 aromatic rings. The average Bonchev–Trinajstić information content (AvgIpc) is 2.26. The standard InChI is InChI=1S/C11H24N2O2/c1-5-8(3)9(12)10(15)13-11(4,6-2)7-14/h8-9,14H,5-7,12H2,1-4H3,(H,13,15)/t8?,9-,11?/m0/s1. The van der Waals surface area contributed by atoms with Gasteiger partial charge in [0.2, 0.25) is 5.91 Å². The molecule has 0 aliphatic heterocycles. The van der Waals surface area contributed by atoms with E-state index in [1.54, 1.807) is 0 Å². The van der Waals surface area contributed by atoms with Gasteiger partial charge in [0.25, 0.3) is 0 Å². The van der Waals surface area contributed by atoms with Gasteiger partial charge in [0, 0.05) is 0 Å². The van der Waals surface area contributed by atoms with Gasteiger partial charge in [-0.15, -0.1) is 0 Å². The van der Waals surface area contributed by atoms with Gasteiger partial charge in [0.1, 0.15) is 0 Å². The lowest BCUT2D eigenvalue weighted by molar-refractivity contribution is -0.125. The first-order valence-corrected chi connectivity index (χ1v) is 5.58. The Labute approximate surface area is 92.2 Å². The second kappa shape index (κ2) is 6.08. The van der Waals surface area contributed by atoms with Crippen LogP contribution in [0.1, 0.15) is 40.5 Å². The van der Waals surface area contributed by atoms with Crippen LogP contribution < -0.4 is 11.1 Å². The lowest BCUT2D eigenvalue weighted by Crippen LogP contribution is -2.55. The fourth-order valence-corrected chi connectivity index (χ4v) is 1.13. The molecule has 4 N–H and O–H groups in total. The summed E-state index contributed by atoms with van der Waals surface area (Å²) in [5.41, 5.74) is 5.24. The number of nitrogens with one attached hydrogen (secondary N) is 1. The molecule has 0 spiro atoms. The summed E-state index contributed by atoms with van der Waals surface area (Å²) in [5, 5.41) is 12.0. The van der Waals surface area contributed by atoms with Crippen molar-refractivity contribution in [3.8, 4) is 0 Å². The van der Waals surface area contributed by atoms with Gasteiger partial charge < -0.3 is 16.2 Å². The van der Waals surface area contributed by atoms with Gasteiger partial charge in [-0.25, -0.2) is 0 Å². The van der Waals surface area contributed by atoms with E-state index in [1.165, 1.54) is 0 Å². The zero-order valence-corrected chi connectivity index (χ0v) is 10.2. The molecule has 90 valence electrons. The minimum absolute atomic E-state index is 0.0670. The van der Waals surface area contributed by atoms with Gasteiger partial charge in [-0.3, -0.25) is 4.79 Å². The largest absolute Gasteiger partial charge is 0.394 e. The lowest BCUT2D eigenvalue weighted by Gasteiger charge is -2.30. The highest BCUT2D eigenvalue weighted by atomic mass is 16.3. The van der Waals surface area contributed by atoms with Gasteiger partial charge in [0.15, 0.2) is 0 Å². The van der Waals surface area contributed by atoms with Crippen LogP contribution in [0.5, 0.6) is 0 Å². The summed E-state index contributed by atoms with van der Waals surface area (Å²) in [5.74, 6) is -0.0208. The lowest BCUT2D eigenvalue weighted by atomic mass is 9.95. The topological polar surface area (TPSA) is 75.4 Å². The van der Waals surface area contributed by atoms with Crippen LogP contribution in [0.2, 0.25) is 0 Å². The van der Waals surface area contributed by atoms with Crippen LogP contribution >= 0.6 is 0 Å². The maximum absolute atomic E-state index is 11.7. The molecule has 2 unspecified atom stereocenters. The first-order chi connectivity index (χ1) is 6.90. The molecule has 4 heteroatoms. The zero-order chi connectivity index (χ0) is 12.1. The Hall–Kier alpha value is -0.610. The van der Waals surface area contributed by atoms with Crippen LogP contribution in [-0.2, 0) is 4.79 Å². The molecule has 0 heterocycles. The first kappa shape index (κ1) is 14.4. The van der Waals surface area contributed by atoms with Gasteiger partial charge >= 0.3 is 0 Å². The number of carbonyl (C=O) groups excluding carboxylic acids is 1. The third-order valence-electron chi connectivity index (χ3n) is 3.11. The minimum Gasteiger partial charge on any atom is -0.394 e. The number of aliphatic hydroxyl groups is 1. The number of hydrogen-bond acceptors (Lipinski definition) is 3. The molecule has 0 aliphatic rings. The van der Waals surface area contributed by atoms with Crippen molar-refractivity contribution in [1.29, 1.82) is 0 Å². The van der Waals surface area contributed by atoms with Crippen molar-refractivity contribution in [3.63, 3.8) is 0 Å². The normalized spacial score (nSPS) is 19.1. The van der Waals surface area contributed by atoms with Crippen molar-refractivity contribution in [2.75, 3.05) is 6.61 Å². The summed E-state index contributed by atoms with van der Waals surface area (Å²) in [4.78, 5) is 11.7. The second-order valence-electron chi connectivity index (χ2n) is 4.47. The highest BCUT2D eigenvalue weighted by Gasteiger charge is 2.27. The fourth-order valence-electron chi connectivity index (χ4n) is 1.13. The van der Waals surface area contributed by atoms with E-state index < -0.39 is 11.6 Å². The van der Waals surface area contributed by atoms with E-state index in [9.17, 15) is 4.79 Å². The van der Waals surface area contributed by atoms with Gasteiger partial charge in [-0.05, 0) is 19.3 Å². The van der Waals surface area contributed by atoms with Crippen molar-refractivity contribution < 1.29 is 9.90 Å². The molecule has 0 bridgehead atoms. The predicted molar refractivity (Wildman–Crippen MR) is 61.4 cm³/mol. The van der Waals surface area contributed by atoms with Crippen molar-refractivity contribution >= 4 is 5.91 Å². The third kappa shape index (κ3) is 4.18. The van der Waals surface area contributed by atoms with Crippen molar-refractivity contribution in [1.82, 2.24) is 5.32 Å². The van der Waals surface area contributed by atoms with E-state index in [2.05, 4.69) is 5.32 Å². The summed E-state index contributed by atoms with van der Waals surface area (Å²) < 4.78 is 0. The summed E-state index contributed by atoms with van der Waals surface area (Å²) >= 11 is 0. The van der Waals surface area contributed by atoms with Crippen LogP contribution in [0.3, 0.4) is 0 Å². The number of nitrogens with two attached hydrogens (primary N) is 1. The van der Waals surface area contributed by atoms with Crippen LogP contribution in [0, 0.1) is 5.92 Å². The molecule has 0 aromatic carbocycles. The number of amides is 1. The molecule has 0 fully saturated rings. The molecule has 0 aliphatic carbocycles. The van der Waals surface area contributed by atoms with Crippen LogP contribution in [0.25, 0.3) is 0 Å². The Balaban J connectivity index is 4.35. The molecule has 4 nitrogen and oxygen atoms in total. The van der Waals surface area contributed by atoms with E-state index in [1.807, 2.05) is 27.7 Å². The van der Waals surface area contributed by atoms with Crippen LogP contribution in [0.15, 0.2) is 0 Å². The molecule has 15 heavy (non-hydrogen) atoms. The molecule has 3 atom stereocenters. The monoisotopic (exact) mass is 216 g/mol. The van der Waals surface area contributed by atoms with Gasteiger partial charge in [0.05, 0.1) is 18.2 Å². The van der Waals surface area contributed by atoms with E-state index >= 15 is 0 Å². The third-order valence-corrected chi connectivity index (χ3v) is 3.11. The van der Waals surface area contributed by atoms with Crippen molar-refractivity contribution in [2.45, 2.75) is 52.1 Å². The van der Waals surface area contributed by atoms with E-state index in [0.29, 0.717) is 6.42 Å². The number of hydrogen-bond donors (Lipinski definition) is 3. The predicted octanol–water partition coefficient (Wildman–Crippen LogP) is 0.637. The van der Waals surface area contributed by atoms with Crippen LogP contribution in [0.4, 0.5) is 0 Å². The van der Waals surface area contributed by atoms with E-state index in [-0.39, 0.29) is 18.4 Å². The Morgan fingerprint density at radius 3 is 2.40 bits per heavy atom. The molecule has 0 saturated heterocycles. The Morgan fingerprint density at radius 2 is 2.07 bits per heavy atom. The molecule has 1 amide bonds. The van der Waals surface area contributed by atoms with Crippen LogP contribution in [-0.4, -0.2) is 29.2 Å². The minimum atomic E-state index is -0.553. The Kier molecular flexibility index (Phi) is 5.83. The van der Waals surface area contributed by atoms with E-state index in [4.69, 9.17) is 10.8 Å². The molecule has 0 rings (SSSR count). The fraction of sp³-hybridized carbons (Fsp3) is 0.909. The van der Waals surface area contributed by atoms with Gasteiger partial charge in [-0.1, -0.05) is 27.2 Å². The average molecular weight is 216 g/mol. The van der Waals surface area contributed by atoms with E-state index in [0.717, 1.165) is 6.42 Å². The molecular formula is C11H24N2O2. The SMILES string of the molecule is CCC(C)[C@H](N)C(=O)NC(C)(CC)CO. The molecular weight excluding hydrogens is 192 g/mol. The molecule has 0 saturated carbocycles. The first-order valence-electron chi connectivity index (χ1n) is 5.58. The van der Waals surface area contributed by atoms with Gasteiger partial charge in [-0.2, -0.15) is 0 Å². The Bertz CT molecular complexity index is 203. The second-order valence-corrected chi connectivity index (χ2v) is 4.47. The van der Waals surface area contributed by atoms with Crippen molar-refractivity contribution in [2.24, 2.45) is 11.7 Å². The molecule has 0 aromatic heterocycles. The van der Waals surface area contributed by atoms with Crippen molar-refractivity contribution in [3.05, 3.63) is 0 Å². The summed E-state index contributed by atoms with van der Waals surface area (Å²) in [7, 11) is 0. The highest BCUT2D eigenvalue weighted by Crippen LogP contribution is 2.10. The number of carbonyl (C=O) groups is 1. The zero-order valence-electron chi connectivity index (χ0n) is 10.2. The summed E-state index contributed by atoms with van der Waals surface area (Å²) in [6.07, 6.45) is 1.55. The highest BCUT2D eigenvalue weighted by molar-refractivity contribution is 5.82. The Morgan fingerprint density at radius 1 is 1.53 bits per heavy atom. The quantitative estimate of drug-likeness (QED) is 0.610.